The van der Waals surface area contributed by atoms with Crippen LogP contribution >= 0.6 is 11.3 Å². The average molecular weight is 295 g/mol. The first-order chi connectivity index (χ1) is 8.14. The Bertz CT molecular complexity index is 382. The van der Waals surface area contributed by atoms with Gasteiger partial charge in [-0.15, -0.1) is 11.3 Å². The van der Waals surface area contributed by atoms with E-state index in [1.54, 1.807) is 25.3 Å². The van der Waals surface area contributed by atoms with E-state index >= 15 is 0 Å². The monoisotopic (exact) mass is 295 g/mol. The summed E-state index contributed by atoms with van der Waals surface area (Å²) in [6, 6.07) is 0.834. The van der Waals surface area contributed by atoms with Crippen molar-refractivity contribution in [3.63, 3.8) is 0 Å². The minimum Gasteiger partial charge on any atom is -0.386 e. The van der Waals surface area contributed by atoms with Crippen molar-refractivity contribution in [1.29, 1.82) is 0 Å². The Hall–Kier alpha value is -0.960. The Labute approximate surface area is 114 Å². The summed E-state index contributed by atoms with van der Waals surface area (Å²) in [7, 11) is -1.44. The van der Waals surface area contributed by atoms with Crippen LogP contribution in [0.5, 0.6) is 0 Å². The van der Waals surface area contributed by atoms with Gasteiger partial charge in [-0.2, -0.15) is 0 Å². The van der Waals surface area contributed by atoms with E-state index in [4.69, 9.17) is 9.93 Å². The lowest BCUT2D eigenvalue weighted by molar-refractivity contribution is 0.0789. The number of urea groups is 1. The van der Waals surface area contributed by atoms with Crippen molar-refractivity contribution in [1.82, 2.24) is 0 Å². The van der Waals surface area contributed by atoms with Crippen LogP contribution in [-0.4, -0.2) is 15.3 Å². The molecule has 0 aliphatic rings. The van der Waals surface area contributed by atoms with Gasteiger partial charge in [-0.3, -0.25) is 0 Å². The minimum atomic E-state index is -1.44. The standard InChI is InChI=1S/C7H11NO2S2.C2H6.CH4N2O/c1-7(2,9)5-3-6(11-4-5)12(8)10;1-2;2-1(3)4/h3-4,9H,8H2,1-2H3;1-2H3;(H4,2,3,4). The van der Waals surface area contributed by atoms with Gasteiger partial charge in [-0.1, -0.05) is 13.8 Å². The van der Waals surface area contributed by atoms with Gasteiger partial charge in [0.2, 0.25) is 0 Å². The van der Waals surface area contributed by atoms with Crippen LogP contribution in [0, 0.1) is 0 Å². The van der Waals surface area contributed by atoms with Crippen LogP contribution in [0.4, 0.5) is 4.79 Å². The van der Waals surface area contributed by atoms with E-state index in [1.165, 1.54) is 11.3 Å². The predicted molar refractivity (Wildman–Crippen MR) is 75.3 cm³/mol. The summed E-state index contributed by atoms with van der Waals surface area (Å²) in [5, 5.41) is 16.5. The van der Waals surface area contributed by atoms with E-state index in [0.717, 1.165) is 5.56 Å². The molecule has 0 aliphatic carbocycles. The zero-order valence-electron chi connectivity index (χ0n) is 11.0. The van der Waals surface area contributed by atoms with E-state index in [-0.39, 0.29) is 0 Å². The van der Waals surface area contributed by atoms with Crippen molar-refractivity contribution in [2.24, 2.45) is 16.6 Å². The molecule has 0 radical (unpaired) electrons. The van der Waals surface area contributed by atoms with Gasteiger partial charge in [0.1, 0.15) is 15.2 Å². The van der Waals surface area contributed by atoms with Crippen LogP contribution in [0.25, 0.3) is 0 Å². The number of nitrogens with two attached hydrogens (primary N) is 3. The van der Waals surface area contributed by atoms with Crippen molar-refractivity contribution in [2.45, 2.75) is 37.5 Å². The maximum absolute atomic E-state index is 10.8. The van der Waals surface area contributed by atoms with Crippen molar-refractivity contribution >= 4 is 28.4 Å². The molecular weight excluding hydrogens is 274 g/mol. The van der Waals surface area contributed by atoms with E-state index in [9.17, 15) is 9.32 Å². The second-order valence-electron chi connectivity index (χ2n) is 3.41. The fourth-order valence-corrected chi connectivity index (χ4v) is 2.30. The van der Waals surface area contributed by atoms with E-state index in [2.05, 4.69) is 11.5 Å². The van der Waals surface area contributed by atoms with Gasteiger partial charge in [0, 0.05) is 0 Å². The molecule has 0 saturated heterocycles. The molecule has 1 rings (SSSR count). The van der Waals surface area contributed by atoms with Gasteiger partial charge in [-0.25, -0.2) is 14.1 Å². The molecule has 106 valence electrons. The first kappa shape index (κ1) is 19.4. The van der Waals surface area contributed by atoms with E-state index in [0.29, 0.717) is 4.21 Å². The number of rotatable bonds is 2. The number of carbonyl (C=O) groups excluding carboxylic acids is 1. The molecule has 0 fully saturated rings. The molecule has 0 bridgehead atoms. The molecule has 1 heterocycles. The number of amides is 2. The second-order valence-corrected chi connectivity index (χ2v) is 5.62. The second kappa shape index (κ2) is 9.03. The third kappa shape index (κ3) is 9.11. The fraction of sp³-hybridized carbons (Fsp3) is 0.500. The largest absolute Gasteiger partial charge is 0.386 e. The summed E-state index contributed by atoms with van der Waals surface area (Å²) in [6.07, 6.45) is 0. The molecule has 0 spiro atoms. The summed E-state index contributed by atoms with van der Waals surface area (Å²) < 4.78 is 11.4. The Morgan fingerprint density at radius 1 is 1.39 bits per heavy atom. The molecule has 18 heavy (non-hydrogen) atoms. The maximum atomic E-state index is 10.8. The van der Waals surface area contributed by atoms with Gasteiger partial charge in [-0.05, 0) is 30.9 Å². The molecule has 0 saturated carbocycles. The number of thiophene rings is 1. The lowest BCUT2D eigenvalue weighted by atomic mass is 10.0. The molecule has 2 amide bonds. The van der Waals surface area contributed by atoms with Gasteiger partial charge >= 0.3 is 6.03 Å². The quantitative estimate of drug-likeness (QED) is 0.648. The summed E-state index contributed by atoms with van der Waals surface area (Å²) in [5.41, 5.74) is 8.37. The summed E-state index contributed by atoms with van der Waals surface area (Å²) in [4.78, 5) is 9.00. The number of aliphatic hydroxyl groups is 1. The van der Waals surface area contributed by atoms with Crippen LogP contribution in [0.3, 0.4) is 0 Å². The fourth-order valence-electron chi connectivity index (χ4n) is 0.743. The number of primary amides is 2. The third-order valence-electron chi connectivity index (χ3n) is 1.48. The molecule has 1 unspecified atom stereocenters. The van der Waals surface area contributed by atoms with Crippen molar-refractivity contribution in [3.05, 3.63) is 17.0 Å². The summed E-state index contributed by atoms with van der Waals surface area (Å²) in [6.45, 7) is 7.36. The van der Waals surface area contributed by atoms with Crippen LogP contribution < -0.4 is 16.6 Å². The first-order valence-corrected chi connectivity index (χ1v) is 7.26. The van der Waals surface area contributed by atoms with Crippen LogP contribution in [0.2, 0.25) is 0 Å². The van der Waals surface area contributed by atoms with Gasteiger partial charge < -0.3 is 16.6 Å². The lowest BCUT2D eigenvalue weighted by Gasteiger charge is -2.14. The highest BCUT2D eigenvalue weighted by Crippen LogP contribution is 2.26. The van der Waals surface area contributed by atoms with Gasteiger partial charge in [0.25, 0.3) is 0 Å². The Kier molecular flexibility index (Phi) is 9.73. The normalized spacial score (nSPS) is 11.4. The Morgan fingerprint density at radius 3 is 1.94 bits per heavy atom. The molecule has 1 atom stereocenters. The first-order valence-electron chi connectivity index (χ1n) is 5.17. The summed E-state index contributed by atoms with van der Waals surface area (Å²) >= 11 is 1.30. The van der Waals surface area contributed by atoms with Gasteiger partial charge in [0.05, 0.1) is 5.60 Å². The zero-order chi connectivity index (χ0) is 14.9. The zero-order valence-corrected chi connectivity index (χ0v) is 12.6. The van der Waals surface area contributed by atoms with Crippen molar-refractivity contribution in [2.75, 3.05) is 0 Å². The Morgan fingerprint density at radius 2 is 1.78 bits per heavy atom. The SMILES string of the molecule is CC.CC(C)(O)c1csc(S(N)=O)c1.NC(N)=O. The number of carbonyl (C=O) groups is 1. The van der Waals surface area contributed by atoms with Crippen molar-refractivity contribution in [3.8, 4) is 0 Å². The van der Waals surface area contributed by atoms with Crippen LogP contribution in [0.15, 0.2) is 15.7 Å². The molecule has 0 aliphatic heterocycles. The molecular formula is C10H21N3O3S2. The number of hydrogen-bond donors (Lipinski definition) is 4. The highest BCUT2D eigenvalue weighted by Gasteiger charge is 2.18. The molecule has 1 aromatic heterocycles. The third-order valence-corrected chi connectivity index (χ3v) is 3.50. The highest BCUT2D eigenvalue weighted by atomic mass is 32.2. The van der Waals surface area contributed by atoms with Crippen LogP contribution in [0.1, 0.15) is 33.3 Å². The maximum Gasteiger partial charge on any atom is 0.309 e. The molecule has 8 heteroatoms. The molecule has 0 aromatic carbocycles. The molecule has 7 N–H and O–H groups in total. The predicted octanol–water partition coefficient (Wildman–Crippen LogP) is 1.01. The average Bonchev–Trinajstić information content (AvgIpc) is 2.67. The topological polar surface area (TPSA) is 132 Å². The van der Waals surface area contributed by atoms with Crippen molar-refractivity contribution < 1.29 is 14.1 Å². The lowest BCUT2D eigenvalue weighted by Crippen LogP contribution is -2.18. The van der Waals surface area contributed by atoms with E-state index < -0.39 is 22.6 Å². The van der Waals surface area contributed by atoms with Crippen LogP contribution in [-0.2, 0) is 16.6 Å². The summed E-state index contributed by atoms with van der Waals surface area (Å²) in [5.74, 6) is 0. The molecule has 6 nitrogen and oxygen atoms in total. The smallest absolute Gasteiger partial charge is 0.309 e. The minimum absolute atomic E-state index is 0.590. The number of hydrogen-bond acceptors (Lipinski definition) is 4. The molecule has 1 aromatic rings. The highest BCUT2D eigenvalue weighted by molar-refractivity contribution is 7.85. The van der Waals surface area contributed by atoms with Gasteiger partial charge in [0.15, 0.2) is 0 Å². The Balaban J connectivity index is 0. The van der Waals surface area contributed by atoms with E-state index in [1.807, 2.05) is 13.8 Å².